The average molecular weight is 344 g/mol. The van der Waals surface area contributed by atoms with Gasteiger partial charge in [0.15, 0.2) is 5.82 Å². The summed E-state index contributed by atoms with van der Waals surface area (Å²) < 4.78 is 5.53. The van der Waals surface area contributed by atoms with Crippen LogP contribution in [0.5, 0.6) is 0 Å². The van der Waals surface area contributed by atoms with Crippen molar-refractivity contribution in [1.29, 1.82) is 0 Å². The highest BCUT2D eigenvalue weighted by molar-refractivity contribution is 9.10. The zero-order valence-corrected chi connectivity index (χ0v) is 13.5. The molecule has 1 unspecified atom stereocenters. The van der Waals surface area contributed by atoms with Gasteiger partial charge in [-0.05, 0) is 28.3 Å². The Balaban J connectivity index is 2.88. The van der Waals surface area contributed by atoms with Crippen LogP contribution < -0.4 is 5.32 Å². The molecule has 0 saturated carbocycles. The standard InChI is InChI=1S/C13H18BrN3O3/c1-5-20-12(19)10(13(2,3)4)11(18)17-9-7-15-8(14)6-16-9/h6-7,10H,5H2,1-4H3,(H,16,17,18). The molecule has 0 aliphatic carbocycles. The fourth-order valence-corrected chi connectivity index (χ4v) is 1.86. The minimum Gasteiger partial charge on any atom is -0.465 e. The smallest absolute Gasteiger partial charge is 0.319 e. The molecule has 7 heteroatoms. The summed E-state index contributed by atoms with van der Waals surface area (Å²) in [6, 6.07) is 0. The van der Waals surface area contributed by atoms with Crippen LogP contribution in [0, 0.1) is 11.3 Å². The van der Waals surface area contributed by atoms with Gasteiger partial charge < -0.3 is 10.1 Å². The molecule has 1 aromatic rings. The summed E-state index contributed by atoms with van der Waals surface area (Å²) in [5.74, 6) is -1.61. The summed E-state index contributed by atoms with van der Waals surface area (Å²) in [6.45, 7) is 7.36. The molecule has 0 bridgehead atoms. The van der Waals surface area contributed by atoms with E-state index in [0.29, 0.717) is 4.60 Å². The van der Waals surface area contributed by atoms with E-state index < -0.39 is 23.2 Å². The first-order chi connectivity index (χ1) is 9.25. The van der Waals surface area contributed by atoms with Crippen molar-refractivity contribution in [2.24, 2.45) is 11.3 Å². The van der Waals surface area contributed by atoms with Crippen molar-refractivity contribution in [1.82, 2.24) is 9.97 Å². The lowest BCUT2D eigenvalue weighted by Gasteiger charge is -2.27. The molecule has 0 aliphatic heterocycles. The van der Waals surface area contributed by atoms with Gasteiger partial charge >= 0.3 is 5.97 Å². The van der Waals surface area contributed by atoms with Gasteiger partial charge in [0.2, 0.25) is 5.91 Å². The molecule has 0 aliphatic rings. The van der Waals surface area contributed by atoms with E-state index >= 15 is 0 Å². The van der Waals surface area contributed by atoms with Crippen molar-refractivity contribution in [2.45, 2.75) is 27.7 Å². The number of carbonyl (C=O) groups excluding carboxylic acids is 2. The van der Waals surface area contributed by atoms with Crippen LogP contribution in [0.25, 0.3) is 0 Å². The Labute approximate surface area is 126 Å². The Bertz CT molecular complexity index is 483. The molecule has 1 atom stereocenters. The van der Waals surface area contributed by atoms with Crippen molar-refractivity contribution in [3.8, 4) is 0 Å². The number of aromatic nitrogens is 2. The molecule has 0 fully saturated rings. The van der Waals surface area contributed by atoms with Crippen molar-refractivity contribution in [2.75, 3.05) is 11.9 Å². The van der Waals surface area contributed by atoms with Crippen LogP contribution in [0.2, 0.25) is 0 Å². The van der Waals surface area contributed by atoms with Gasteiger partial charge in [-0.2, -0.15) is 0 Å². The Hall–Kier alpha value is -1.50. The van der Waals surface area contributed by atoms with E-state index in [1.54, 1.807) is 27.7 Å². The quantitative estimate of drug-likeness (QED) is 0.670. The molecule has 1 rings (SSSR count). The summed E-state index contributed by atoms with van der Waals surface area (Å²) in [5.41, 5.74) is -0.556. The van der Waals surface area contributed by atoms with Crippen LogP contribution in [0.3, 0.4) is 0 Å². The van der Waals surface area contributed by atoms with Crippen LogP contribution in [-0.2, 0) is 14.3 Å². The number of rotatable bonds is 4. The number of hydrogen-bond acceptors (Lipinski definition) is 5. The summed E-state index contributed by atoms with van der Waals surface area (Å²) in [5, 5.41) is 2.58. The van der Waals surface area contributed by atoms with Crippen molar-refractivity contribution >= 4 is 33.6 Å². The number of halogens is 1. The SMILES string of the molecule is CCOC(=O)C(C(=O)Nc1cnc(Br)cn1)C(C)(C)C. The molecule has 0 saturated heterocycles. The van der Waals surface area contributed by atoms with Crippen molar-refractivity contribution in [3.63, 3.8) is 0 Å². The summed E-state index contributed by atoms with van der Waals surface area (Å²) in [6.07, 6.45) is 2.87. The minimum atomic E-state index is -0.909. The van der Waals surface area contributed by atoms with Gasteiger partial charge in [0.05, 0.1) is 19.0 Å². The Morgan fingerprint density at radius 1 is 1.35 bits per heavy atom. The summed E-state index contributed by atoms with van der Waals surface area (Å²) in [7, 11) is 0. The first kappa shape index (κ1) is 16.6. The predicted molar refractivity (Wildman–Crippen MR) is 77.9 cm³/mol. The first-order valence-corrected chi connectivity index (χ1v) is 7.00. The zero-order chi connectivity index (χ0) is 15.3. The Kier molecular flexibility index (Phi) is 5.62. The van der Waals surface area contributed by atoms with Gasteiger partial charge in [-0.15, -0.1) is 0 Å². The molecule has 20 heavy (non-hydrogen) atoms. The summed E-state index contributed by atoms with van der Waals surface area (Å²) >= 11 is 3.16. The topological polar surface area (TPSA) is 81.2 Å². The van der Waals surface area contributed by atoms with Crippen LogP contribution in [0.1, 0.15) is 27.7 Å². The zero-order valence-electron chi connectivity index (χ0n) is 11.9. The molecular formula is C13H18BrN3O3. The predicted octanol–water partition coefficient (Wildman–Crippen LogP) is 2.40. The minimum absolute atomic E-state index is 0.233. The summed E-state index contributed by atoms with van der Waals surface area (Å²) in [4.78, 5) is 32.2. The van der Waals surface area contributed by atoms with Gasteiger partial charge in [0.1, 0.15) is 10.5 Å². The molecule has 0 radical (unpaired) electrons. The molecule has 1 heterocycles. The maximum atomic E-state index is 12.3. The van der Waals surface area contributed by atoms with Crippen LogP contribution >= 0.6 is 15.9 Å². The number of amides is 1. The molecule has 1 aromatic heterocycles. The van der Waals surface area contributed by atoms with E-state index in [1.165, 1.54) is 12.4 Å². The lowest BCUT2D eigenvalue weighted by atomic mass is 9.80. The van der Waals surface area contributed by atoms with E-state index in [-0.39, 0.29) is 12.4 Å². The third kappa shape index (κ3) is 4.56. The van der Waals surface area contributed by atoms with E-state index in [1.807, 2.05) is 0 Å². The first-order valence-electron chi connectivity index (χ1n) is 6.20. The lowest BCUT2D eigenvalue weighted by Crippen LogP contribution is -2.40. The fraction of sp³-hybridized carbons (Fsp3) is 0.538. The monoisotopic (exact) mass is 343 g/mol. The Morgan fingerprint density at radius 2 is 2.00 bits per heavy atom. The van der Waals surface area contributed by atoms with Crippen LogP contribution in [0.4, 0.5) is 5.82 Å². The number of ether oxygens (including phenoxy) is 1. The Morgan fingerprint density at radius 3 is 2.45 bits per heavy atom. The van der Waals surface area contributed by atoms with E-state index in [0.717, 1.165) is 0 Å². The van der Waals surface area contributed by atoms with Gasteiger partial charge in [-0.3, -0.25) is 9.59 Å². The molecule has 1 N–H and O–H groups in total. The second-order valence-electron chi connectivity index (χ2n) is 5.26. The molecule has 1 amide bonds. The number of hydrogen-bond donors (Lipinski definition) is 1. The highest BCUT2D eigenvalue weighted by Crippen LogP contribution is 2.28. The second-order valence-corrected chi connectivity index (χ2v) is 6.08. The highest BCUT2D eigenvalue weighted by Gasteiger charge is 2.39. The highest BCUT2D eigenvalue weighted by atomic mass is 79.9. The van der Waals surface area contributed by atoms with Gasteiger partial charge in [0.25, 0.3) is 0 Å². The third-order valence-corrected chi connectivity index (χ3v) is 2.93. The largest absolute Gasteiger partial charge is 0.465 e. The normalized spacial score (nSPS) is 12.7. The maximum Gasteiger partial charge on any atom is 0.319 e. The lowest BCUT2D eigenvalue weighted by molar-refractivity contribution is -0.155. The van der Waals surface area contributed by atoms with Crippen molar-refractivity contribution in [3.05, 3.63) is 17.0 Å². The van der Waals surface area contributed by atoms with Gasteiger partial charge in [0, 0.05) is 0 Å². The van der Waals surface area contributed by atoms with Gasteiger partial charge in [-0.1, -0.05) is 20.8 Å². The number of nitrogens with one attached hydrogen (secondary N) is 1. The van der Waals surface area contributed by atoms with Crippen LogP contribution in [-0.4, -0.2) is 28.5 Å². The number of esters is 1. The van der Waals surface area contributed by atoms with E-state index in [2.05, 4.69) is 31.2 Å². The number of nitrogens with zero attached hydrogens (tertiary/aromatic N) is 2. The van der Waals surface area contributed by atoms with Gasteiger partial charge in [-0.25, -0.2) is 9.97 Å². The average Bonchev–Trinajstić information content (AvgIpc) is 2.30. The number of carbonyl (C=O) groups is 2. The third-order valence-electron chi connectivity index (χ3n) is 2.52. The molecular weight excluding hydrogens is 326 g/mol. The number of anilines is 1. The van der Waals surface area contributed by atoms with E-state index in [4.69, 9.17) is 4.74 Å². The van der Waals surface area contributed by atoms with Crippen molar-refractivity contribution < 1.29 is 14.3 Å². The fourth-order valence-electron chi connectivity index (χ4n) is 1.65. The molecule has 6 nitrogen and oxygen atoms in total. The second kappa shape index (κ2) is 6.78. The maximum absolute atomic E-state index is 12.3. The van der Waals surface area contributed by atoms with Crippen LogP contribution in [0.15, 0.2) is 17.0 Å². The van der Waals surface area contributed by atoms with E-state index in [9.17, 15) is 9.59 Å². The molecule has 0 aromatic carbocycles. The molecule has 0 spiro atoms. The molecule has 110 valence electrons.